The Kier molecular flexibility index (Phi) is 6.98. The average Bonchev–Trinajstić information content (AvgIpc) is 2.92. The Morgan fingerprint density at radius 3 is 2.39 bits per heavy atom. The van der Waals surface area contributed by atoms with Crippen LogP contribution in [0.25, 0.3) is 10.9 Å². The first kappa shape index (κ1) is 24.3. The molecule has 5 rings (SSSR count). The summed E-state index contributed by atoms with van der Waals surface area (Å²) >= 11 is 1.72. The van der Waals surface area contributed by atoms with Crippen LogP contribution < -0.4 is 4.90 Å². The SMILES string of the molecule is CSc1cccc(N2CCN(C(=O)c3ccc(CS(=O)(=O)c4cccc5cccnc45)cc3)CC2)c1. The third kappa shape index (κ3) is 5.10. The van der Waals surface area contributed by atoms with Gasteiger partial charge < -0.3 is 9.80 Å². The van der Waals surface area contributed by atoms with E-state index in [0.717, 1.165) is 18.5 Å². The Labute approximate surface area is 215 Å². The fraction of sp³-hybridized carbons (Fsp3) is 0.214. The molecular weight excluding hydrogens is 490 g/mol. The van der Waals surface area contributed by atoms with E-state index >= 15 is 0 Å². The van der Waals surface area contributed by atoms with Crippen molar-refractivity contribution in [3.63, 3.8) is 0 Å². The summed E-state index contributed by atoms with van der Waals surface area (Å²) in [6, 6.07) is 24.2. The van der Waals surface area contributed by atoms with Crippen molar-refractivity contribution < 1.29 is 13.2 Å². The number of amides is 1. The van der Waals surface area contributed by atoms with E-state index in [-0.39, 0.29) is 16.6 Å². The quantitative estimate of drug-likeness (QED) is 0.339. The van der Waals surface area contributed by atoms with Gasteiger partial charge in [0, 0.05) is 53.9 Å². The topological polar surface area (TPSA) is 70.6 Å². The van der Waals surface area contributed by atoms with E-state index < -0.39 is 9.84 Å². The molecule has 184 valence electrons. The Bertz CT molecular complexity index is 1490. The van der Waals surface area contributed by atoms with E-state index in [1.807, 2.05) is 17.0 Å². The number of piperazine rings is 1. The molecule has 8 heteroatoms. The third-order valence-corrected chi connectivity index (χ3v) is 8.91. The number of pyridine rings is 1. The van der Waals surface area contributed by atoms with E-state index in [0.29, 0.717) is 29.7 Å². The summed E-state index contributed by atoms with van der Waals surface area (Å²) in [6.45, 7) is 2.84. The van der Waals surface area contributed by atoms with Crippen LogP contribution in [0.5, 0.6) is 0 Å². The van der Waals surface area contributed by atoms with Crippen molar-refractivity contribution in [2.24, 2.45) is 0 Å². The van der Waals surface area contributed by atoms with Gasteiger partial charge in [-0.2, -0.15) is 0 Å². The third-order valence-electron chi connectivity index (χ3n) is 6.47. The van der Waals surface area contributed by atoms with Crippen molar-refractivity contribution >= 4 is 44.1 Å². The number of carbonyl (C=O) groups excluding carboxylic acids is 1. The molecule has 0 aliphatic carbocycles. The standard InChI is InChI=1S/C28H27N3O3S2/c1-35-25-8-3-7-24(19-25)30-15-17-31(18-16-30)28(32)23-12-10-21(11-13-23)20-36(33,34)26-9-2-5-22-6-4-14-29-27(22)26/h2-14,19H,15-18,20H2,1H3. The van der Waals surface area contributed by atoms with E-state index in [9.17, 15) is 13.2 Å². The number of rotatable bonds is 6. The summed E-state index contributed by atoms with van der Waals surface area (Å²) in [6.07, 6.45) is 3.67. The Morgan fingerprint density at radius 1 is 0.917 bits per heavy atom. The number of hydrogen-bond acceptors (Lipinski definition) is 6. The molecule has 1 amide bonds. The van der Waals surface area contributed by atoms with Gasteiger partial charge in [-0.05, 0) is 54.3 Å². The van der Waals surface area contributed by atoms with Crippen molar-refractivity contribution in [3.8, 4) is 0 Å². The molecule has 0 bridgehead atoms. The number of nitrogens with zero attached hydrogens (tertiary/aromatic N) is 3. The van der Waals surface area contributed by atoms with Gasteiger partial charge in [0.2, 0.25) is 0 Å². The number of para-hydroxylation sites is 1. The highest BCUT2D eigenvalue weighted by Gasteiger charge is 2.23. The van der Waals surface area contributed by atoms with Gasteiger partial charge in [-0.3, -0.25) is 9.78 Å². The second-order valence-electron chi connectivity index (χ2n) is 8.77. The summed E-state index contributed by atoms with van der Waals surface area (Å²) in [5.41, 5.74) is 2.87. The maximum absolute atomic E-state index is 13.1. The fourth-order valence-corrected chi connectivity index (χ4v) is 6.52. The smallest absolute Gasteiger partial charge is 0.253 e. The van der Waals surface area contributed by atoms with Crippen molar-refractivity contribution in [2.45, 2.75) is 15.5 Å². The fourth-order valence-electron chi connectivity index (χ4n) is 4.53. The molecule has 0 N–H and O–H groups in total. The molecule has 0 spiro atoms. The van der Waals surface area contributed by atoms with Crippen LogP contribution in [0.2, 0.25) is 0 Å². The van der Waals surface area contributed by atoms with E-state index in [1.54, 1.807) is 60.4 Å². The Hall–Kier alpha value is -3.36. The molecule has 1 saturated heterocycles. The first-order valence-corrected chi connectivity index (χ1v) is 14.7. The van der Waals surface area contributed by atoms with E-state index in [1.165, 1.54) is 10.6 Å². The molecule has 1 aliphatic heterocycles. The molecule has 0 atom stereocenters. The normalized spacial score (nSPS) is 14.2. The highest BCUT2D eigenvalue weighted by molar-refractivity contribution is 7.98. The van der Waals surface area contributed by atoms with Gasteiger partial charge in [0.15, 0.2) is 9.84 Å². The first-order valence-electron chi connectivity index (χ1n) is 11.8. The molecule has 36 heavy (non-hydrogen) atoms. The zero-order valence-corrected chi connectivity index (χ0v) is 21.6. The number of hydrogen-bond donors (Lipinski definition) is 0. The monoisotopic (exact) mass is 517 g/mol. The number of fused-ring (bicyclic) bond motifs is 1. The van der Waals surface area contributed by atoms with Crippen molar-refractivity contribution in [3.05, 3.63) is 96.2 Å². The average molecular weight is 518 g/mol. The van der Waals surface area contributed by atoms with Gasteiger partial charge in [-0.25, -0.2) is 8.42 Å². The number of anilines is 1. The van der Waals surface area contributed by atoms with Gasteiger partial charge in [-0.1, -0.05) is 36.4 Å². The molecule has 4 aromatic rings. The van der Waals surface area contributed by atoms with Crippen molar-refractivity contribution in [2.75, 3.05) is 37.3 Å². The molecule has 2 heterocycles. The summed E-state index contributed by atoms with van der Waals surface area (Å²) in [7, 11) is -3.60. The van der Waals surface area contributed by atoms with Crippen LogP contribution in [0.3, 0.4) is 0 Å². The minimum atomic E-state index is -3.60. The van der Waals surface area contributed by atoms with Gasteiger partial charge in [0.05, 0.1) is 16.2 Å². The molecule has 1 fully saturated rings. The molecule has 0 unspecified atom stereocenters. The Balaban J connectivity index is 1.24. The zero-order chi connectivity index (χ0) is 25.1. The van der Waals surface area contributed by atoms with Crippen molar-refractivity contribution in [1.82, 2.24) is 9.88 Å². The maximum atomic E-state index is 13.1. The van der Waals surface area contributed by atoms with Gasteiger partial charge in [0.25, 0.3) is 5.91 Å². The summed E-state index contributed by atoms with van der Waals surface area (Å²) in [5, 5.41) is 0.788. The summed E-state index contributed by atoms with van der Waals surface area (Å²) < 4.78 is 26.3. The van der Waals surface area contributed by atoms with Crippen LogP contribution >= 0.6 is 11.8 Å². The highest BCUT2D eigenvalue weighted by Crippen LogP contribution is 2.25. The van der Waals surface area contributed by atoms with Gasteiger partial charge >= 0.3 is 0 Å². The maximum Gasteiger partial charge on any atom is 0.253 e. The number of carbonyl (C=O) groups is 1. The Morgan fingerprint density at radius 2 is 1.64 bits per heavy atom. The molecule has 6 nitrogen and oxygen atoms in total. The van der Waals surface area contributed by atoms with Crippen LogP contribution in [0.1, 0.15) is 15.9 Å². The molecule has 0 radical (unpaired) electrons. The molecule has 1 aromatic heterocycles. The van der Waals surface area contributed by atoms with Crippen LogP contribution in [-0.4, -0.2) is 56.6 Å². The molecule has 0 saturated carbocycles. The molecule has 3 aromatic carbocycles. The van der Waals surface area contributed by atoms with Gasteiger partial charge in [0.1, 0.15) is 0 Å². The lowest BCUT2D eigenvalue weighted by molar-refractivity contribution is 0.0747. The van der Waals surface area contributed by atoms with Crippen LogP contribution in [-0.2, 0) is 15.6 Å². The minimum absolute atomic E-state index is 0.0276. The number of aromatic nitrogens is 1. The lowest BCUT2D eigenvalue weighted by Crippen LogP contribution is -2.48. The number of benzene rings is 3. The van der Waals surface area contributed by atoms with E-state index in [2.05, 4.69) is 40.4 Å². The van der Waals surface area contributed by atoms with Crippen LogP contribution in [0.15, 0.2) is 94.9 Å². The van der Waals surface area contributed by atoms with E-state index in [4.69, 9.17) is 0 Å². The predicted molar refractivity (Wildman–Crippen MR) is 145 cm³/mol. The predicted octanol–water partition coefficient (Wildman–Crippen LogP) is 4.89. The lowest BCUT2D eigenvalue weighted by Gasteiger charge is -2.36. The zero-order valence-electron chi connectivity index (χ0n) is 20.0. The number of sulfone groups is 1. The summed E-state index contributed by atoms with van der Waals surface area (Å²) in [4.78, 5) is 23.0. The lowest BCUT2D eigenvalue weighted by atomic mass is 10.1. The van der Waals surface area contributed by atoms with Crippen molar-refractivity contribution in [1.29, 1.82) is 0 Å². The molecular formula is C28H27N3O3S2. The van der Waals surface area contributed by atoms with Crippen LogP contribution in [0.4, 0.5) is 5.69 Å². The number of thioether (sulfide) groups is 1. The largest absolute Gasteiger partial charge is 0.368 e. The highest BCUT2D eigenvalue weighted by atomic mass is 32.2. The minimum Gasteiger partial charge on any atom is -0.368 e. The van der Waals surface area contributed by atoms with Gasteiger partial charge in [-0.15, -0.1) is 11.8 Å². The summed E-state index contributed by atoms with van der Waals surface area (Å²) in [5.74, 6) is -0.175. The molecule has 1 aliphatic rings. The first-order chi connectivity index (χ1) is 17.4. The second-order valence-corrected chi connectivity index (χ2v) is 11.6. The van der Waals surface area contributed by atoms with Crippen LogP contribution in [0, 0.1) is 0 Å². The second kappa shape index (κ2) is 10.3.